The third-order valence-electron chi connectivity index (χ3n) is 8.39. The Labute approximate surface area is 260 Å². The Morgan fingerprint density at radius 1 is 0.844 bits per heavy atom. The Kier molecular flexibility index (Phi) is 7.34. The van der Waals surface area contributed by atoms with Gasteiger partial charge in [-0.05, 0) is 67.8 Å². The predicted octanol–water partition coefficient (Wildman–Crippen LogP) is 6.04. The smallest absolute Gasteiger partial charge is 0.268 e. The summed E-state index contributed by atoms with van der Waals surface area (Å²) in [5, 5.41) is 8.17. The van der Waals surface area contributed by atoms with Gasteiger partial charge < -0.3 is 9.64 Å². The Balaban J connectivity index is 1.36. The molecule has 0 unspecified atom stereocenters. The molecule has 0 spiro atoms. The molecule has 224 valence electrons. The zero-order valence-corrected chi connectivity index (χ0v) is 24.8. The number of rotatable bonds is 5. The molecule has 7 rings (SSSR count). The Morgan fingerprint density at radius 2 is 1.58 bits per heavy atom. The molecule has 45 heavy (non-hydrogen) atoms. The monoisotopic (exact) mass is 597 g/mol. The summed E-state index contributed by atoms with van der Waals surface area (Å²) in [4.78, 5) is 48.0. The molecule has 0 fully saturated rings. The number of ether oxygens (including phenoxy) is 1. The maximum atomic E-state index is 14.6. The number of aromatic amines is 1. The van der Waals surface area contributed by atoms with Crippen molar-refractivity contribution in [2.45, 2.75) is 19.3 Å². The molecule has 9 heteroatoms. The first-order chi connectivity index (χ1) is 22.0. The van der Waals surface area contributed by atoms with Crippen molar-refractivity contribution in [2.24, 2.45) is 0 Å². The fourth-order valence-corrected chi connectivity index (χ4v) is 6.22. The Hall–Kier alpha value is -5.70. The summed E-state index contributed by atoms with van der Waals surface area (Å²) in [6, 6.07) is 29.6. The number of methoxy groups -OCH3 is 1. The quantitative estimate of drug-likeness (QED) is 0.197. The largest absolute Gasteiger partial charge is 0.496 e. The molecule has 3 heterocycles. The van der Waals surface area contributed by atoms with E-state index in [0.29, 0.717) is 29.3 Å². The van der Waals surface area contributed by atoms with Crippen molar-refractivity contribution >= 4 is 57.5 Å². The number of aromatic nitrogens is 2. The fraction of sp³-hybridized carbons (Fsp3) is 0.167. The summed E-state index contributed by atoms with van der Waals surface area (Å²) < 4.78 is 5.62. The third-order valence-corrected chi connectivity index (χ3v) is 8.39. The maximum Gasteiger partial charge on any atom is 0.268 e. The second kappa shape index (κ2) is 11.8. The second-order valence-electron chi connectivity index (χ2n) is 11.0. The number of para-hydroxylation sites is 4. The molecular weight excluding hydrogens is 566 g/mol. The van der Waals surface area contributed by atoms with Crippen LogP contribution in [0.2, 0.25) is 0 Å². The lowest BCUT2D eigenvalue weighted by Crippen LogP contribution is -2.44. The zero-order chi connectivity index (χ0) is 30.9. The molecular formula is C36H31N5O4. The number of amides is 3. The first kappa shape index (κ1) is 28.1. The van der Waals surface area contributed by atoms with Crippen molar-refractivity contribution in [3.8, 4) is 5.75 Å². The van der Waals surface area contributed by atoms with Gasteiger partial charge in [-0.1, -0.05) is 54.6 Å². The van der Waals surface area contributed by atoms with Gasteiger partial charge in [0.15, 0.2) is 0 Å². The number of benzene rings is 4. The highest BCUT2D eigenvalue weighted by atomic mass is 16.5. The minimum atomic E-state index is -0.577. The first-order valence-corrected chi connectivity index (χ1v) is 15.0. The van der Waals surface area contributed by atoms with Gasteiger partial charge in [0.2, 0.25) is 5.91 Å². The number of carbonyl (C=O) groups excluding carboxylic acids is 3. The molecule has 0 saturated heterocycles. The molecule has 0 saturated carbocycles. The van der Waals surface area contributed by atoms with Gasteiger partial charge in [0.1, 0.15) is 17.9 Å². The topological polar surface area (TPSA) is 98.8 Å². The zero-order valence-electron chi connectivity index (χ0n) is 24.8. The third kappa shape index (κ3) is 5.02. The lowest BCUT2D eigenvalue weighted by atomic mass is 10.1. The van der Waals surface area contributed by atoms with Crippen molar-refractivity contribution in [1.29, 1.82) is 0 Å². The van der Waals surface area contributed by atoms with Crippen LogP contribution >= 0.6 is 0 Å². The average Bonchev–Trinajstić information content (AvgIpc) is 3.31. The number of hydrogen-bond donors (Lipinski definition) is 1. The SMILES string of the molecule is COc1cccc2c1CCCCN2C(=O)CN1C(=O)/C(=C/c2n[nH]c3ccccc23)C(=O)N(c2ccccc2)c2ccccc21. The predicted molar refractivity (Wildman–Crippen MR) is 175 cm³/mol. The van der Waals surface area contributed by atoms with Gasteiger partial charge in [-0.25, -0.2) is 0 Å². The molecule has 1 N–H and O–H groups in total. The van der Waals surface area contributed by atoms with Gasteiger partial charge in [0.25, 0.3) is 11.8 Å². The molecule has 2 aliphatic heterocycles. The van der Waals surface area contributed by atoms with Crippen molar-refractivity contribution in [3.63, 3.8) is 0 Å². The van der Waals surface area contributed by atoms with Gasteiger partial charge in [-0.15, -0.1) is 0 Å². The standard InChI is InChI=1S/C36H31N5O4/c1-45-33-20-11-19-30-26(33)15-9-10-21-39(30)34(42)23-40-31-17-7-8-18-32(31)41(24-12-3-2-4-13-24)36(44)27(35(40)43)22-29-25-14-5-6-16-28(25)37-38-29/h2-8,11-14,16-20,22H,9-10,15,21,23H2,1H3,(H,37,38)/b27-22-. The Morgan fingerprint density at radius 3 is 2.40 bits per heavy atom. The Bertz CT molecular complexity index is 1960. The van der Waals surface area contributed by atoms with E-state index in [1.165, 1.54) is 15.9 Å². The highest BCUT2D eigenvalue weighted by Crippen LogP contribution is 2.40. The van der Waals surface area contributed by atoms with Crippen molar-refractivity contribution < 1.29 is 19.1 Å². The number of hydrogen-bond acceptors (Lipinski definition) is 5. The van der Waals surface area contributed by atoms with E-state index in [4.69, 9.17) is 4.74 Å². The van der Waals surface area contributed by atoms with Crippen LogP contribution in [0.1, 0.15) is 24.1 Å². The molecule has 4 aromatic carbocycles. The van der Waals surface area contributed by atoms with E-state index in [9.17, 15) is 14.4 Å². The second-order valence-corrected chi connectivity index (χ2v) is 11.0. The number of fused-ring (bicyclic) bond motifs is 3. The van der Waals surface area contributed by atoms with Crippen LogP contribution in [0.5, 0.6) is 5.75 Å². The van der Waals surface area contributed by atoms with Crippen LogP contribution in [0.25, 0.3) is 17.0 Å². The molecule has 0 atom stereocenters. The lowest BCUT2D eigenvalue weighted by Gasteiger charge is -2.28. The summed E-state index contributed by atoms with van der Waals surface area (Å²) in [5.74, 6) is -0.596. The van der Waals surface area contributed by atoms with Gasteiger partial charge >= 0.3 is 0 Å². The van der Waals surface area contributed by atoms with Crippen molar-refractivity contribution in [2.75, 3.05) is 34.9 Å². The molecule has 2 aliphatic rings. The van der Waals surface area contributed by atoms with E-state index in [1.807, 2.05) is 78.9 Å². The summed E-state index contributed by atoms with van der Waals surface area (Å²) in [5.41, 5.74) is 4.47. The molecule has 1 aromatic heterocycles. The molecule has 9 nitrogen and oxygen atoms in total. The van der Waals surface area contributed by atoms with Crippen LogP contribution in [0.3, 0.4) is 0 Å². The molecule has 0 aliphatic carbocycles. The van der Waals surface area contributed by atoms with Gasteiger partial charge in [-0.2, -0.15) is 5.10 Å². The number of anilines is 4. The van der Waals surface area contributed by atoms with E-state index >= 15 is 0 Å². The van der Waals surface area contributed by atoms with Crippen molar-refractivity contribution in [1.82, 2.24) is 10.2 Å². The van der Waals surface area contributed by atoms with Crippen LogP contribution in [-0.4, -0.2) is 48.1 Å². The first-order valence-electron chi connectivity index (χ1n) is 15.0. The van der Waals surface area contributed by atoms with Crippen LogP contribution in [-0.2, 0) is 20.8 Å². The van der Waals surface area contributed by atoms with E-state index in [0.717, 1.165) is 47.2 Å². The van der Waals surface area contributed by atoms with Gasteiger partial charge in [0, 0.05) is 23.2 Å². The molecule has 3 amide bonds. The van der Waals surface area contributed by atoms with Gasteiger partial charge in [0.05, 0.1) is 35.4 Å². The molecule has 0 bridgehead atoms. The van der Waals surface area contributed by atoms with E-state index < -0.39 is 11.8 Å². The maximum absolute atomic E-state index is 14.6. The van der Waals surface area contributed by atoms with Crippen LogP contribution in [0, 0.1) is 0 Å². The van der Waals surface area contributed by atoms with Crippen LogP contribution in [0.4, 0.5) is 22.7 Å². The molecule has 0 radical (unpaired) electrons. The van der Waals surface area contributed by atoms with Crippen LogP contribution < -0.4 is 19.4 Å². The lowest BCUT2D eigenvalue weighted by molar-refractivity contribution is -0.123. The number of carbonyl (C=O) groups is 3. The average molecular weight is 598 g/mol. The van der Waals surface area contributed by atoms with Crippen LogP contribution in [0.15, 0.2) is 103 Å². The normalized spacial score (nSPS) is 15.9. The van der Waals surface area contributed by atoms with E-state index in [1.54, 1.807) is 30.2 Å². The van der Waals surface area contributed by atoms with Gasteiger partial charge in [-0.3, -0.25) is 29.3 Å². The number of H-pyrrole nitrogens is 1. The summed E-state index contributed by atoms with van der Waals surface area (Å²) in [6.07, 6.45) is 4.04. The van der Waals surface area contributed by atoms with E-state index in [-0.39, 0.29) is 18.0 Å². The summed E-state index contributed by atoms with van der Waals surface area (Å²) in [7, 11) is 1.63. The summed E-state index contributed by atoms with van der Waals surface area (Å²) in [6.45, 7) is 0.251. The highest BCUT2D eigenvalue weighted by molar-refractivity contribution is 6.35. The molecule has 5 aromatic rings. The van der Waals surface area contributed by atoms with E-state index in [2.05, 4.69) is 10.2 Å². The fourth-order valence-electron chi connectivity index (χ4n) is 6.22. The van der Waals surface area contributed by atoms with Crippen molar-refractivity contribution in [3.05, 3.63) is 114 Å². The summed E-state index contributed by atoms with van der Waals surface area (Å²) >= 11 is 0. The highest BCUT2D eigenvalue weighted by Gasteiger charge is 2.38. The minimum absolute atomic E-state index is 0.0990. The minimum Gasteiger partial charge on any atom is -0.496 e. The number of nitrogens with zero attached hydrogens (tertiary/aromatic N) is 4. The number of nitrogens with one attached hydrogen (secondary N) is 1.